The smallest absolute Gasteiger partial charge is 0.220 e. The van der Waals surface area contributed by atoms with Gasteiger partial charge in [-0.1, -0.05) is 12.8 Å². The zero-order valence-corrected chi connectivity index (χ0v) is 10.1. The first-order chi connectivity index (χ1) is 7.74. The molecule has 0 aliphatic heterocycles. The van der Waals surface area contributed by atoms with Crippen LogP contribution in [0.15, 0.2) is 0 Å². The normalized spacial score (nSPS) is 23.3. The third-order valence-corrected chi connectivity index (χ3v) is 4.24. The number of carbonyl (C=O) groups excluding carboxylic acids is 1. The van der Waals surface area contributed by atoms with E-state index in [-0.39, 0.29) is 5.91 Å². The zero-order chi connectivity index (χ0) is 11.4. The Kier molecular flexibility index (Phi) is 3.85. The molecule has 0 aromatic rings. The minimum absolute atomic E-state index is 0.259. The summed E-state index contributed by atoms with van der Waals surface area (Å²) in [5, 5.41) is 3.10. The summed E-state index contributed by atoms with van der Waals surface area (Å²) in [6.45, 7) is 1.61. The van der Waals surface area contributed by atoms with Gasteiger partial charge < -0.3 is 11.1 Å². The number of amides is 1. The molecule has 0 unspecified atom stereocenters. The van der Waals surface area contributed by atoms with Crippen molar-refractivity contribution >= 4 is 5.91 Å². The monoisotopic (exact) mass is 224 g/mol. The number of nitrogens with one attached hydrogen (secondary N) is 1. The van der Waals surface area contributed by atoms with Gasteiger partial charge in [-0.05, 0) is 50.0 Å². The molecule has 0 spiro atoms. The molecule has 3 N–H and O–H groups in total. The van der Waals surface area contributed by atoms with Gasteiger partial charge in [-0.3, -0.25) is 4.79 Å². The summed E-state index contributed by atoms with van der Waals surface area (Å²) >= 11 is 0. The van der Waals surface area contributed by atoms with Crippen molar-refractivity contribution in [3.63, 3.8) is 0 Å². The Morgan fingerprint density at radius 2 is 2.00 bits per heavy atom. The van der Waals surface area contributed by atoms with Crippen LogP contribution < -0.4 is 11.1 Å². The first-order valence-electron chi connectivity index (χ1n) is 6.71. The van der Waals surface area contributed by atoms with Crippen LogP contribution in [0.3, 0.4) is 0 Å². The molecule has 2 saturated carbocycles. The molecule has 0 saturated heterocycles. The summed E-state index contributed by atoms with van der Waals surface area (Å²) in [6.07, 6.45) is 9.43. The molecule has 2 aliphatic carbocycles. The second kappa shape index (κ2) is 5.17. The van der Waals surface area contributed by atoms with E-state index in [9.17, 15) is 4.79 Å². The predicted octanol–water partition coefficient (Wildman–Crippen LogP) is 1.81. The van der Waals surface area contributed by atoms with E-state index in [1.807, 2.05) is 0 Å². The Morgan fingerprint density at radius 1 is 1.31 bits per heavy atom. The highest BCUT2D eigenvalue weighted by Crippen LogP contribution is 2.47. The molecule has 0 atom stereocenters. The van der Waals surface area contributed by atoms with Crippen molar-refractivity contribution in [2.45, 2.75) is 51.4 Å². The first-order valence-corrected chi connectivity index (χ1v) is 6.71. The van der Waals surface area contributed by atoms with E-state index in [2.05, 4.69) is 5.32 Å². The number of carbonyl (C=O) groups is 1. The summed E-state index contributed by atoms with van der Waals surface area (Å²) in [5.74, 6) is 0.917. The summed E-state index contributed by atoms with van der Waals surface area (Å²) in [4.78, 5) is 11.7. The molecule has 2 aliphatic rings. The van der Waals surface area contributed by atoms with Crippen molar-refractivity contribution in [1.82, 2.24) is 5.32 Å². The molecule has 2 rings (SSSR count). The average Bonchev–Trinajstić information content (AvgIpc) is 2.83. The maximum atomic E-state index is 11.7. The second-order valence-corrected chi connectivity index (χ2v) is 5.67. The second-order valence-electron chi connectivity index (χ2n) is 5.67. The lowest BCUT2D eigenvalue weighted by molar-refractivity contribution is -0.122. The summed E-state index contributed by atoms with van der Waals surface area (Å²) in [6, 6.07) is 0. The van der Waals surface area contributed by atoms with Crippen LogP contribution in [0.25, 0.3) is 0 Å². The first kappa shape index (κ1) is 11.9. The Morgan fingerprint density at radius 3 is 2.56 bits per heavy atom. The molecule has 0 radical (unpaired) electrons. The van der Waals surface area contributed by atoms with E-state index in [0.29, 0.717) is 11.3 Å². The van der Waals surface area contributed by atoms with Gasteiger partial charge >= 0.3 is 0 Å². The SMILES string of the molecule is NCCC1(CNC(=O)CC2CCCC2)CC1. The van der Waals surface area contributed by atoms with Gasteiger partial charge in [0.05, 0.1) is 0 Å². The van der Waals surface area contributed by atoms with Crippen LogP contribution in [-0.4, -0.2) is 19.0 Å². The van der Waals surface area contributed by atoms with Gasteiger partial charge in [0.1, 0.15) is 0 Å². The molecule has 3 heteroatoms. The molecule has 92 valence electrons. The van der Waals surface area contributed by atoms with Crippen LogP contribution in [0, 0.1) is 11.3 Å². The van der Waals surface area contributed by atoms with Crippen molar-refractivity contribution in [1.29, 1.82) is 0 Å². The van der Waals surface area contributed by atoms with Crippen molar-refractivity contribution in [2.24, 2.45) is 17.1 Å². The molecular formula is C13H24N2O. The number of rotatable bonds is 6. The molecule has 0 heterocycles. The highest BCUT2D eigenvalue weighted by Gasteiger charge is 2.41. The molecule has 16 heavy (non-hydrogen) atoms. The highest BCUT2D eigenvalue weighted by molar-refractivity contribution is 5.76. The number of hydrogen-bond donors (Lipinski definition) is 2. The van der Waals surface area contributed by atoms with Crippen LogP contribution >= 0.6 is 0 Å². The highest BCUT2D eigenvalue weighted by atomic mass is 16.1. The standard InChI is InChI=1S/C13H24N2O/c14-8-7-13(5-6-13)10-15-12(16)9-11-3-1-2-4-11/h11H,1-10,14H2,(H,15,16). The topological polar surface area (TPSA) is 55.1 Å². The van der Waals surface area contributed by atoms with Crippen molar-refractivity contribution in [3.8, 4) is 0 Å². The lowest BCUT2D eigenvalue weighted by Gasteiger charge is -2.16. The lowest BCUT2D eigenvalue weighted by Crippen LogP contribution is -2.32. The van der Waals surface area contributed by atoms with E-state index < -0.39 is 0 Å². The van der Waals surface area contributed by atoms with Crippen LogP contribution in [0.5, 0.6) is 0 Å². The number of nitrogens with two attached hydrogens (primary N) is 1. The molecule has 3 nitrogen and oxygen atoms in total. The fourth-order valence-corrected chi connectivity index (χ4v) is 2.83. The molecule has 2 fully saturated rings. The Balaban J connectivity index is 1.63. The third-order valence-electron chi connectivity index (χ3n) is 4.24. The van der Waals surface area contributed by atoms with Gasteiger partial charge in [0.2, 0.25) is 5.91 Å². The molecule has 0 bridgehead atoms. The maximum Gasteiger partial charge on any atom is 0.220 e. The quantitative estimate of drug-likeness (QED) is 0.723. The van der Waals surface area contributed by atoms with E-state index in [1.54, 1.807) is 0 Å². The van der Waals surface area contributed by atoms with E-state index in [0.717, 1.165) is 25.9 Å². The van der Waals surface area contributed by atoms with Crippen molar-refractivity contribution < 1.29 is 4.79 Å². The summed E-state index contributed by atoms with van der Waals surface area (Å²) in [7, 11) is 0. The minimum atomic E-state index is 0.259. The Hall–Kier alpha value is -0.570. The van der Waals surface area contributed by atoms with Gasteiger partial charge in [0.15, 0.2) is 0 Å². The average molecular weight is 224 g/mol. The van der Waals surface area contributed by atoms with Crippen LogP contribution in [0.1, 0.15) is 51.4 Å². The molecule has 0 aromatic carbocycles. The fourth-order valence-electron chi connectivity index (χ4n) is 2.83. The van der Waals surface area contributed by atoms with Crippen molar-refractivity contribution in [2.75, 3.05) is 13.1 Å². The predicted molar refractivity (Wildman–Crippen MR) is 64.9 cm³/mol. The molecule has 0 aromatic heterocycles. The molecular weight excluding hydrogens is 200 g/mol. The fraction of sp³-hybridized carbons (Fsp3) is 0.923. The van der Waals surface area contributed by atoms with Crippen molar-refractivity contribution in [3.05, 3.63) is 0 Å². The van der Waals surface area contributed by atoms with E-state index >= 15 is 0 Å². The lowest BCUT2D eigenvalue weighted by atomic mass is 10.0. The van der Waals surface area contributed by atoms with Gasteiger partial charge in [-0.25, -0.2) is 0 Å². The summed E-state index contributed by atoms with van der Waals surface area (Å²) in [5.41, 5.74) is 5.96. The maximum absolute atomic E-state index is 11.7. The Labute approximate surface area is 98.2 Å². The van der Waals surface area contributed by atoms with Gasteiger partial charge in [-0.2, -0.15) is 0 Å². The van der Waals surface area contributed by atoms with Gasteiger partial charge in [0, 0.05) is 13.0 Å². The van der Waals surface area contributed by atoms with Gasteiger partial charge in [0.25, 0.3) is 0 Å². The number of hydrogen-bond acceptors (Lipinski definition) is 2. The summed E-state index contributed by atoms with van der Waals surface area (Å²) < 4.78 is 0. The zero-order valence-electron chi connectivity index (χ0n) is 10.1. The van der Waals surface area contributed by atoms with Crippen LogP contribution in [0.4, 0.5) is 0 Å². The van der Waals surface area contributed by atoms with Crippen LogP contribution in [0.2, 0.25) is 0 Å². The molecule has 1 amide bonds. The largest absolute Gasteiger partial charge is 0.356 e. The Bertz CT molecular complexity index is 242. The van der Waals surface area contributed by atoms with Gasteiger partial charge in [-0.15, -0.1) is 0 Å². The third kappa shape index (κ3) is 3.21. The van der Waals surface area contributed by atoms with E-state index in [1.165, 1.54) is 38.5 Å². The minimum Gasteiger partial charge on any atom is -0.356 e. The van der Waals surface area contributed by atoms with Crippen LogP contribution in [-0.2, 0) is 4.79 Å². The van der Waals surface area contributed by atoms with E-state index in [4.69, 9.17) is 5.73 Å².